The Kier molecular flexibility index (Phi) is 5.45. The van der Waals surface area contributed by atoms with Crippen molar-refractivity contribution in [3.63, 3.8) is 0 Å². The molecule has 1 saturated heterocycles. The van der Waals surface area contributed by atoms with Gasteiger partial charge < -0.3 is 15.2 Å². The fraction of sp³-hybridized carbons (Fsp3) is 0.238. The Morgan fingerprint density at radius 1 is 1.19 bits per heavy atom. The van der Waals surface area contributed by atoms with E-state index in [-0.39, 0.29) is 18.1 Å². The van der Waals surface area contributed by atoms with E-state index >= 15 is 0 Å². The highest BCUT2D eigenvalue weighted by Gasteiger charge is 2.32. The van der Waals surface area contributed by atoms with E-state index in [2.05, 4.69) is 20.3 Å². The maximum atomic E-state index is 13.3. The summed E-state index contributed by atoms with van der Waals surface area (Å²) in [4.78, 5) is 38.0. The number of halogens is 3. The lowest BCUT2D eigenvalue weighted by atomic mass is 10.1. The summed E-state index contributed by atoms with van der Waals surface area (Å²) in [5, 5.41) is 2.38. The van der Waals surface area contributed by atoms with E-state index in [1.54, 1.807) is 18.3 Å². The standard InChI is InChI=1S/C21H18F3N5O2/c1-11-14(8-25-10-26-11)17-2-3-18(28-17)21(31)29-5-4-12(9-29)20(30)27-13-6-15(22)19(24)16(23)7-13/h2-3,6-8,10,12,28H,4-5,9H2,1H3,(H,27,30). The molecule has 1 fully saturated rings. The topological polar surface area (TPSA) is 91.0 Å². The first-order valence-corrected chi connectivity index (χ1v) is 9.54. The molecule has 1 aliphatic heterocycles. The number of nitrogens with zero attached hydrogens (tertiary/aromatic N) is 3. The molecule has 10 heteroatoms. The molecule has 1 atom stereocenters. The number of hydrogen-bond acceptors (Lipinski definition) is 4. The zero-order valence-electron chi connectivity index (χ0n) is 16.5. The highest BCUT2D eigenvalue weighted by Crippen LogP contribution is 2.24. The summed E-state index contributed by atoms with van der Waals surface area (Å²) in [6.07, 6.45) is 3.49. The molecular formula is C21H18F3N5O2. The molecule has 0 spiro atoms. The lowest BCUT2D eigenvalue weighted by Gasteiger charge is -2.16. The Hall–Kier alpha value is -3.69. The number of aryl methyl sites for hydroxylation is 1. The molecule has 1 aromatic carbocycles. The van der Waals surface area contributed by atoms with Crippen molar-refractivity contribution < 1.29 is 22.8 Å². The van der Waals surface area contributed by atoms with Crippen LogP contribution in [0.5, 0.6) is 0 Å². The van der Waals surface area contributed by atoms with E-state index in [1.165, 1.54) is 11.2 Å². The van der Waals surface area contributed by atoms with Crippen molar-refractivity contribution in [1.29, 1.82) is 0 Å². The Balaban J connectivity index is 1.41. The summed E-state index contributed by atoms with van der Waals surface area (Å²) >= 11 is 0. The maximum Gasteiger partial charge on any atom is 0.270 e. The molecule has 1 unspecified atom stereocenters. The van der Waals surface area contributed by atoms with E-state index in [1.807, 2.05) is 6.92 Å². The molecule has 0 saturated carbocycles. The van der Waals surface area contributed by atoms with E-state index in [0.29, 0.717) is 36.5 Å². The van der Waals surface area contributed by atoms with Crippen LogP contribution < -0.4 is 5.32 Å². The fourth-order valence-electron chi connectivity index (χ4n) is 3.53. The second-order valence-electron chi connectivity index (χ2n) is 7.29. The van der Waals surface area contributed by atoms with E-state index in [9.17, 15) is 22.8 Å². The van der Waals surface area contributed by atoms with Gasteiger partial charge in [-0.25, -0.2) is 23.1 Å². The van der Waals surface area contributed by atoms with Gasteiger partial charge in [-0.2, -0.15) is 0 Å². The maximum absolute atomic E-state index is 13.3. The molecule has 2 amide bonds. The minimum atomic E-state index is -1.60. The number of likely N-dealkylation sites (tertiary alicyclic amines) is 1. The molecule has 0 radical (unpaired) electrons. The molecule has 0 aliphatic carbocycles. The molecule has 2 N–H and O–H groups in total. The largest absolute Gasteiger partial charge is 0.350 e. The normalized spacial score (nSPS) is 15.9. The number of nitrogens with one attached hydrogen (secondary N) is 2. The smallest absolute Gasteiger partial charge is 0.270 e. The summed E-state index contributed by atoms with van der Waals surface area (Å²) in [5.74, 6) is -5.70. The Morgan fingerprint density at radius 2 is 1.94 bits per heavy atom. The predicted molar refractivity (Wildman–Crippen MR) is 106 cm³/mol. The second-order valence-corrected chi connectivity index (χ2v) is 7.29. The number of aromatic amines is 1. The van der Waals surface area contributed by atoms with E-state index in [4.69, 9.17) is 0 Å². The Morgan fingerprint density at radius 3 is 2.65 bits per heavy atom. The molecule has 7 nitrogen and oxygen atoms in total. The second kappa shape index (κ2) is 8.21. The average Bonchev–Trinajstić information content (AvgIpc) is 3.42. The van der Waals surface area contributed by atoms with Gasteiger partial charge in [-0.3, -0.25) is 9.59 Å². The van der Waals surface area contributed by atoms with Gasteiger partial charge in [0.15, 0.2) is 17.5 Å². The van der Waals surface area contributed by atoms with Gasteiger partial charge in [-0.15, -0.1) is 0 Å². The number of benzene rings is 1. The van der Waals surface area contributed by atoms with Crippen LogP contribution in [-0.2, 0) is 4.79 Å². The van der Waals surface area contributed by atoms with Gasteiger partial charge in [0.05, 0.1) is 5.92 Å². The van der Waals surface area contributed by atoms with Gasteiger partial charge in [0.2, 0.25) is 5.91 Å². The van der Waals surface area contributed by atoms with Crippen molar-refractivity contribution in [3.05, 3.63) is 65.6 Å². The fourth-order valence-corrected chi connectivity index (χ4v) is 3.53. The third-order valence-corrected chi connectivity index (χ3v) is 5.22. The minimum Gasteiger partial charge on any atom is -0.350 e. The summed E-state index contributed by atoms with van der Waals surface area (Å²) in [6, 6.07) is 4.84. The number of carbonyl (C=O) groups is 2. The quantitative estimate of drug-likeness (QED) is 0.623. The average molecular weight is 429 g/mol. The van der Waals surface area contributed by atoms with Crippen molar-refractivity contribution in [3.8, 4) is 11.3 Å². The molecule has 4 rings (SSSR count). The molecule has 3 aromatic rings. The number of hydrogen-bond donors (Lipinski definition) is 2. The van der Waals surface area contributed by atoms with Crippen molar-refractivity contribution in [1.82, 2.24) is 19.9 Å². The third-order valence-electron chi connectivity index (χ3n) is 5.22. The number of amides is 2. The van der Waals surface area contributed by atoms with Crippen LogP contribution in [0.3, 0.4) is 0 Å². The SMILES string of the molecule is Cc1ncncc1-c1ccc(C(=O)N2CCC(C(=O)Nc3cc(F)c(F)c(F)c3)C2)[nH]1. The molecular weight excluding hydrogens is 411 g/mol. The summed E-state index contributed by atoms with van der Waals surface area (Å²) in [5.41, 5.74) is 2.43. The zero-order chi connectivity index (χ0) is 22.1. The van der Waals surface area contributed by atoms with E-state index < -0.39 is 29.3 Å². The van der Waals surface area contributed by atoms with Gasteiger partial charge in [-0.1, -0.05) is 0 Å². The van der Waals surface area contributed by atoms with Crippen molar-refractivity contribution in [2.45, 2.75) is 13.3 Å². The van der Waals surface area contributed by atoms with Crippen molar-refractivity contribution in [2.75, 3.05) is 18.4 Å². The van der Waals surface area contributed by atoms with Crippen LogP contribution in [0.25, 0.3) is 11.3 Å². The highest BCUT2D eigenvalue weighted by molar-refractivity contribution is 5.96. The third kappa shape index (κ3) is 4.14. The zero-order valence-corrected chi connectivity index (χ0v) is 16.5. The summed E-state index contributed by atoms with van der Waals surface area (Å²) in [7, 11) is 0. The molecule has 1 aliphatic rings. The predicted octanol–water partition coefficient (Wildman–Crippen LogP) is 3.30. The monoisotopic (exact) mass is 429 g/mol. The van der Waals surface area contributed by atoms with Gasteiger partial charge in [0, 0.05) is 54.1 Å². The minimum absolute atomic E-state index is 0.151. The van der Waals surface area contributed by atoms with Crippen LogP contribution in [0.2, 0.25) is 0 Å². The van der Waals surface area contributed by atoms with Gasteiger partial charge in [-0.05, 0) is 25.5 Å². The molecule has 31 heavy (non-hydrogen) atoms. The van der Waals surface area contributed by atoms with Crippen LogP contribution >= 0.6 is 0 Å². The first-order chi connectivity index (χ1) is 14.8. The van der Waals surface area contributed by atoms with Crippen LogP contribution in [0.15, 0.2) is 36.8 Å². The van der Waals surface area contributed by atoms with Gasteiger partial charge in [0.25, 0.3) is 5.91 Å². The summed E-state index contributed by atoms with van der Waals surface area (Å²) in [6.45, 7) is 2.34. The first kappa shape index (κ1) is 20.6. The Bertz CT molecular complexity index is 1140. The summed E-state index contributed by atoms with van der Waals surface area (Å²) < 4.78 is 39.8. The van der Waals surface area contributed by atoms with Gasteiger partial charge >= 0.3 is 0 Å². The van der Waals surface area contributed by atoms with Crippen LogP contribution in [0, 0.1) is 30.3 Å². The van der Waals surface area contributed by atoms with Crippen molar-refractivity contribution >= 4 is 17.5 Å². The van der Waals surface area contributed by atoms with Gasteiger partial charge in [0.1, 0.15) is 12.0 Å². The number of rotatable bonds is 4. The van der Waals surface area contributed by atoms with Crippen LogP contribution in [0.4, 0.5) is 18.9 Å². The number of H-pyrrole nitrogens is 1. The molecule has 0 bridgehead atoms. The number of anilines is 1. The molecule has 160 valence electrons. The van der Waals surface area contributed by atoms with Crippen LogP contribution in [0.1, 0.15) is 22.6 Å². The lowest BCUT2D eigenvalue weighted by Crippen LogP contribution is -2.31. The first-order valence-electron chi connectivity index (χ1n) is 9.54. The van der Waals surface area contributed by atoms with Crippen LogP contribution in [-0.4, -0.2) is 44.8 Å². The molecule has 2 aromatic heterocycles. The Labute approximate surface area is 175 Å². The number of carbonyl (C=O) groups excluding carboxylic acids is 2. The van der Waals surface area contributed by atoms with Crippen molar-refractivity contribution in [2.24, 2.45) is 5.92 Å². The number of aromatic nitrogens is 3. The highest BCUT2D eigenvalue weighted by atomic mass is 19.2. The van der Waals surface area contributed by atoms with E-state index in [0.717, 1.165) is 11.3 Å². The lowest BCUT2D eigenvalue weighted by molar-refractivity contribution is -0.119. The molecule has 3 heterocycles.